The third kappa shape index (κ3) is 11.6. The fourth-order valence-corrected chi connectivity index (χ4v) is 8.94. The number of aromatic nitrogens is 3. The molecular formula is C48H59N9O5S. The zero-order chi connectivity index (χ0) is 44.9. The summed E-state index contributed by atoms with van der Waals surface area (Å²) in [5, 5.41) is 9.97. The van der Waals surface area contributed by atoms with Crippen LogP contribution in [0.25, 0.3) is 22.2 Å². The second-order valence-electron chi connectivity index (χ2n) is 15.8. The minimum atomic E-state index is -0.622. The summed E-state index contributed by atoms with van der Waals surface area (Å²) in [6.45, 7) is 6.55. The number of aryl methyl sites for hydroxylation is 1. The van der Waals surface area contributed by atoms with Crippen molar-refractivity contribution in [3.8, 4) is 17.0 Å². The number of amides is 3. The molecule has 3 N–H and O–H groups in total. The Morgan fingerprint density at radius 2 is 1.78 bits per heavy atom. The number of nitrogens with zero attached hydrogens (tertiary/aromatic N) is 6. The molecule has 63 heavy (non-hydrogen) atoms. The van der Waals surface area contributed by atoms with Crippen LogP contribution >= 0.6 is 11.8 Å². The molecule has 0 bridgehead atoms. The van der Waals surface area contributed by atoms with E-state index in [-0.39, 0.29) is 24.1 Å². The standard InChI is InChI=1S/C48H59N9O5S/c1-7-45(59)51-39-28-40(53-48-50-23-22-38(52-48)36-30-56(5)41-18-12-11-16-34(36)41)43(62-6)29-42(39)55(4)26-25-54(3)24-13-9-8-10-14-27-63-44-19-15-17-35-37(44)31-57(47(35)61)33(32-58)20-21-46(60)49-2/h7,11-12,15-19,22-23,28-30,32-33H,1,8-10,13-14,20-21,24-27,31H2,2-6H3,(H,49,60)(H,51,59)(H,50,52,53). The van der Waals surface area contributed by atoms with Crippen molar-refractivity contribution in [2.24, 2.45) is 7.05 Å². The zero-order valence-corrected chi connectivity index (χ0v) is 37.8. The van der Waals surface area contributed by atoms with Gasteiger partial charge in [0, 0.05) is 92.6 Å². The SMILES string of the molecule is C=CC(=O)Nc1cc(Nc2nccc(-c3cn(C)c4ccccc34)n2)c(OC)cc1N(C)CCN(C)CCCCCCCSc1cccc2c1CN(C(C=O)CCC(=O)NC)C2=O. The smallest absolute Gasteiger partial charge is 0.255 e. The molecular weight excluding hydrogens is 815 g/mol. The number of anilines is 4. The largest absolute Gasteiger partial charge is 0.494 e. The lowest BCUT2D eigenvalue weighted by molar-refractivity contribution is -0.121. The van der Waals surface area contributed by atoms with Gasteiger partial charge in [-0.25, -0.2) is 9.97 Å². The first-order chi connectivity index (χ1) is 30.5. The van der Waals surface area contributed by atoms with E-state index in [4.69, 9.17) is 9.72 Å². The van der Waals surface area contributed by atoms with Crippen molar-refractivity contribution in [3.05, 3.63) is 96.8 Å². The topological polar surface area (TPSA) is 154 Å². The molecule has 15 heteroatoms. The molecule has 5 aromatic rings. The average Bonchev–Trinajstić information content (AvgIpc) is 3.82. The van der Waals surface area contributed by atoms with Crippen molar-refractivity contribution in [1.29, 1.82) is 0 Å². The van der Waals surface area contributed by atoms with Crippen LogP contribution in [0.5, 0.6) is 5.75 Å². The van der Waals surface area contributed by atoms with Crippen LogP contribution in [0.3, 0.4) is 0 Å². The van der Waals surface area contributed by atoms with Crippen LogP contribution in [-0.4, -0.2) is 108 Å². The molecule has 2 aromatic heterocycles. The maximum Gasteiger partial charge on any atom is 0.255 e. The Morgan fingerprint density at radius 1 is 0.984 bits per heavy atom. The number of hydrogen-bond acceptors (Lipinski definition) is 11. The minimum Gasteiger partial charge on any atom is -0.494 e. The summed E-state index contributed by atoms with van der Waals surface area (Å²) in [5.41, 5.74) is 6.53. The molecule has 3 aromatic carbocycles. The number of benzene rings is 3. The number of aldehydes is 1. The Bertz CT molecular complexity index is 2420. The van der Waals surface area contributed by atoms with Crippen molar-refractivity contribution in [1.82, 2.24) is 29.7 Å². The number of carbonyl (C=O) groups excluding carboxylic acids is 4. The first-order valence-electron chi connectivity index (χ1n) is 21.5. The Labute approximate surface area is 374 Å². The van der Waals surface area contributed by atoms with Crippen LogP contribution in [0.2, 0.25) is 0 Å². The number of thioether (sulfide) groups is 1. The predicted octanol–water partition coefficient (Wildman–Crippen LogP) is 7.67. The molecule has 332 valence electrons. The van der Waals surface area contributed by atoms with E-state index in [2.05, 4.69) is 73.3 Å². The van der Waals surface area contributed by atoms with Crippen molar-refractivity contribution >= 4 is 69.7 Å². The van der Waals surface area contributed by atoms with Gasteiger partial charge in [0.25, 0.3) is 5.91 Å². The van der Waals surface area contributed by atoms with Crippen molar-refractivity contribution < 1.29 is 23.9 Å². The molecule has 1 unspecified atom stereocenters. The summed E-state index contributed by atoms with van der Waals surface area (Å²) in [7, 11) is 9.33. The van der Waals surface area contributed by atoms with Crippen LogP contribution in [0.15, 0.2) is 90.6 Å². The molecule has 0 spiro atoms. The highest BCUT2D eigenvalue weighted by Gasteiger charge is 2.34. The number of para-hydroxylation sites is 1. The van der Waals surface area contributed by atoms with E-state index < -0.39 is 6.04 Å². The number of ether oxygens (including phenoxy) is 1. The monoisotopic (exact) mass is 873 g/mol. The average molecular weight is 874 g/mol. The van der Waals surface area contributed by atoms with E-state index >= 15 is 0 Å². The van der Waals surface area contributed by atoms with Gasteiger partial charge < -0.3 is 44.7 Å². The first-order valence-corrected chi connectivity index (χ1v) is 22.4. The Morgan fingerprint density at radius 3 is 2.56 bits per heavy atom. The Kier molecular flexibility index (Phi) is 16.4. The molecule has 0 saturated heterocycles. The summed E-state index contributed by atoms with van der Waals surface area (Å²) in [6.07, 6.45) is 11.9. The number of nitrogens with one attached hydrogen (secondary N) is 3. The number of methoxy groups -OCH3 is 1. The molecule has 0 saturated carbocycles. The highest BCUT2D eigenvalue weighted by Crippen LogP contribution is 2.39. The highest BCUT2D eigenvalue weighted by molar-refractivity contribution is 7.99. The van der Waals surface area contributed by atoms with Crippen LogP contribution in [-0.2, 0) is 28.0 Å². The fourth-order valence-electron chi connectivity index (χ4n) is 7.85. The quantitative estimate of drug-likeness (QED) is 0.0242. The van der Waals surface area contributed by atoms with Gasteiger partial charge in [0.05, 0.1) is 35.9 Å². The second-order valence-corrected chi connectivity index (χ2v) is 16.9. The van der Waals surface area contributed by atoms with Gasteiger partial charge in [-0.1, -0.05) is 50.1 Å². The van der Waals surface area contributed by atoms with Crippen LogP contribution in [0.1, 0.15) is 60.9 Å². The normalized spacial score (nSPS) is 12.6. The highest BCUT2D eigenvalue weighted by atomic mass is 32.2. The molecule has 0 radical (unpaired) electrons. The molecule has 0 fully saturated rings. The molecule has 6 rings (SSSR count). The molecule has 0 aliphatic carbocycles. The van der Waals surface area contributed by atoms with Gasteiger partial charge in [0.2, 0.25) is 17.8 Å². The van der Waals surface area contributed by atoms with Gasteiger partial charge in [-0.05, 0) is 80.6 Å². The maximum absolute atomic E-state index is 13.2. The number of rotatable bonds is 24. The van der Waals surface area contributed by atoms with Gasteiger partial charge >= 0.3 is 0 Å². The van der Waals surface area contributed by atoms with Gasteiger partial charge in [-0.3, -0.25) is 14.4 Å². The van der Waals surface area contributed by atoms with Gasteiger partial charge in [-0.2, -0.15) is 0 Å². The van der Waals surface area contributed by atoms with E-state index in [1.54, 1.807) is 37.0 Å². The lowest BCUT2D eigenvalue weighted by Crippen LogP contribution is -2.37. The molecule has 1 atom stereocenters. The summed E-state index contributed by atoms with van der Waals surface area (Å²) >= 11 is 1.77. The number of carbonyl (C=O) groups is 4. The van der Waals surface area contributed by atoms with E-state index in [0.717, 1.165) is 102 Å². The summed E-state index contributed by atoms with van der Waals surface area (Å²) in [4.78, 5) is 65.9. The van der Waals surface area contributed by atoms with Gasteiger partial charge in [0.15, 0.2) is 0 Å². The zero-order valence-electron chi connectivity index (χ0n) is 37.0. The first kappa shape index (κ1) is 46.3. The van der Waals surface area contributed by atoms with Crippen LogP contribution < -0.4 is 25.6 Å². The maximum atomic E-state index is 13.2. The molecule has 14 nitrogen and oxygen atoms in total. The summed E-state index contributed by atoms with van der Waals surface area (Å²) in [6, 6.07) is 19.0. The second kappa shape index (κ2) is 22.2. The van der Waals surface area contributed by atoms with E-state index in [9.17, 15) is 19.2 Å². The van der Waals surface area contributed by atoms with Crippen molar-refractivity contribution in [2.45, 2.75) is 62.4 Å². The molecule has 3 heterocycles. The molecule has 1 aliphatic rings. The Balaban J connectivity index is 0.963. The van der Waals surface area contributed by atoms with Gasteiger partial charge in [-0.15, -0.1) is 11.8 Å². The minimum absolute atomic E-state index is 0.144. The number of hydrogen-bond donors (Lipinski definition) is 3. The number of likely N-dealkylation sites (N-methyl/N-ethyl adjacent to an activating group) is 2. The summed E-state index contributed by atoms with van der Waals surface area (Å²) in [5.74, 6) is 1.31. The predicted molar refractivity (Wildman–Crippen MR) is 253 cm³/mol. The third-order valence-corrected chi connectivity index (χ3v) is 12.6. The van der Waals surface area contributed by atoms with E-state index in [1.165, 1.54) is 6.08 Å². The lowest BCUT2D eigenvalue weighted by atomic mass is 10.1. The van der Waals surface area contributed by atoms with Crippen molar-refractivity contribution in [3.63, 3.8) is 0 Å². The van der Waals surface area contributed by atoms with Crippen molar-refractivity contribution in [2.75, 3.05) is 69.2 Å². The van der Waals surface area contributed by atoms with Crippen LogP contribution in [0.4, 0.5) is 23.0 Å². The number of unbranched alkanes of at least 4 members (excludes halogenated alkanes) is 4. The lowest BCUT2D eigenvalue weighted by Gasteiger charge is -2.27. The van der Waals surface area contributed by atoms with Crippen LogP contribution in [0, 0.1) is 0 Å². The van der Waals surface area contributed by atoms with E-state index in [1.807, 2.05) is 56.6 Å². The molecule has 1 aliphatic heterocycles. The third-order valence-electron chi connectivity index (χ3n) is 11.5. The summed E-state index contributed by atoms with van der Waals surface area (Å²) < 4.78 is 7.93. The molecule has 3 amide bonds. The van der Waals surface area contributed by atoms with E-state index in [0.29, 0.717) is 41.6 Å². The Hall–Kier alpha value is -6.19. The van der Waals surface area contributed by atoms with Gasteiger partial charge in [0.1, 0.15) is 12.0 Å². The fraction of sp³-hybridized carbons (Fsp3) is 0.375. The number of fused-ring (bicyclic) bond motifs is 2.